The first-order valence-corrected chi connectivity index (χ1v) is 7.42. The van der Waals surface area contributed by atoms with Crippen LogP contribution in [0.4, 0.5) is 11.4 Å². The molecule has 3 heteroatoms. The van der Waals surface area contributed by atoms with E-state index in [1.165, 1.54) is 0 Å². The van der Waals surface area contributed by atoms with Gasteiger partial charge in [-0.2, -0.15) is 0 Å². The number of rotatable bonds is 5. The molecule has 0 saturated carbocycles. The molecule has 3 aromatic carbocycles. The predicted octanol–water partition coefficient (Wildman–Crippen LogP) is 5.43. The third kappa shape index (κ3) is 3.98. The zero-order valence-corrected chi connectivity index (χ0v) is 12.8. The van der Waals surface area contributed by atoms with Crippen molar-refractivity contribution in [2.75, 3.05) is 5.32 Å². The molecule has 0 spiro atoms. The molecule has 0 atom stereocenters. The lowest BCUT2D eigenvalue weighted by Gasteiger charge is -2.09. The van der Waals surface area contributed by atoms with Gasteiger partial charge in [-0.1, -0.05) is 18.2 Å². The van der Waals surface area contributed by atoms with Gasteiger partial charge in [-0.15, -0.1) is 0 Å². The van der Waals surface area contributed by atoms with Gasteiger partial charge in [0.25, 0.3) is 0 Å². The van der Waals surface area contributed by atoms with Crippen molar-refractivity contribution in [1.29, 1.82) is 0 Å². The maximum atomic E-state index is 11.3. The van der Waals surface area contributed by atoms with Gasteiger partial charge in [0.05, 0.1) is 0 Å². The molecule has 0 saturated heterocycles. The van der Waals surface area contributed by atoms with Gasteiger partial charge in [0, 0.05) is 16.9 Å². The summed E-state index contributed by atoms with van der Waals surface area (Å²) < 4.78 is 5.76. The van der Waals surface area contributed by atoms with E-state index in [9.17, 15) is 4.79 Å². The standard InChI is InChI=1S/C20H17NO2/c1-15(22)16-7-9-17(10-8-16)21-18-11-13-20(14-12-18)23-19-5-3-2-4-6-19/h2-14,21H,1H3. The number of benzene rings is 3. The molecule has 0 aromatic heterocycles. The number of ketones is 1. The van der Waals surface area contributed by atoms with E-state index in [0.717, 1.165) is 22.9 Å². The normalized spacial score (nSPS) is 10.1. The van der Waals surface area contributed by atoms with Crippen LogP contribution in [0, 0.1) is 0 Å². The fraction of sp³-hybridized carbons (Fsp3) is 0.0500. The molecule has 0 bridgehead atoms. The number of hydrogen-bond acceptors (Lipinski definition) is 3. The third-order valence-electron chi connectivity index (χ3n) is 3.41. The fourth-order valence-electron chi connectivity index (χ4n) is 2.19. The molecule has 0 aliphatic heterocycles. The highest BCUT2D eigenvalue weighted by molar-refractivity contribution is 5.94. The van der Waals surface area contributed by atoms with E-state index in [4.69, 9.17) is 4.74 Å². The molecular weight excluding hydrogens is 286 g/mol. The molecular formula is C20H17NO2. The summed E-state index contributed by atoms with van der Waals surface area (Å²) in [5.74, 6) is 1.67. The second-order valence-corrected chi connectivity index (χ2v) is 5.20. The van der Waals surface area contributed by atoms with Crippen molar-refractivity contribution < 1.29 is 9.53 Å². The van der Waals surface area contributed by atoms with E-state index in [-0.39, 0.29) is 5.78 Å². The molecule has 1 N–H and O–H groups in total. The summed E-state index contributed by atoms with van der Waals surface area (Å²) in [4.78, 5) is 11.3. The highest BCUT2D eigenvalue weighted by atomic mass is 16.5. The lowest BCUT2D eigenvalue weighted by atomic mass is 10.1. The van der Waals surface area contributed by atoms with Crippen LogP contribution in [0.15, 0.2) is 78.9 Å². The van der Waals surface area contributed by atoms with Crippen LogP contribution in [0.5, 0.6) is 11.5 Å². The summed E-state index contributed by atoms with van der Waals surface area (Å²) in [6.07, 6.45) is 0. The van der Waals surface area contributed by atoms with Gasteiger partial charge in [0.15, 0.2) is 5.78 Å². The Balaban J connectivity index is 1.66. The summed E-state index contributed by atoms with van der Waals surface area (Å²) in [5.41, 5.74) is 2.61. The molecule has 0 radical (unpaired) electrons. The molecule has 3 rings (SSSR count). The van der Waals surface area contributed by atoms with Crippen LogP contribution in [0.1, 0.15) is 17.3 Å². The van der Waals surface area contributed by atoms with Gasteiger partial charge in [-0.3, -0.25) is 4.79 Å². The van der Waals surface area contributed by atoms with Crippen LogP contribution in [0.3, 0.4) is 0 Å². The zero-order chi connectivity index (χ0) is 16.1. The maximum Gasteiger partial charge on any atom is 0.159 e. The Kier molecular flexibility index (Phi) is 4.39. The van der Waals surface area contributed by atoms with Crippen LogP contribution in [-0.4, -0.2) is 5.78 Å². The summed E-state index contributed by atoms with van der Waals surface area (Å²) in [6, 6.07) is 24.8. The first-order chi connectivity index (χ1) is 11.2. The van der Waals surface area contributed by atoms with Gasteiger partial charge in [-0.05, 0) is 67.6 Å². The monoisotopic (exact) mass is 303 g/mol. The Hall–Kier alpha value is -3.07. The molecule has 23 heavy (non-hydrogen) atoms. The summed E-state index contributed by atoms with van der Waals surface area (Å²) in [7, 11) is 0. The molecule has 0 fully saturated rings. The van der Waals surface area contributed by atoms with E-state index in [0.29, 0.717) is 5.56 Å². The average Bonchev–Trinajstić information content (AvgIpc) is 2.58. The third-order valence-corrected chi connectivity index (χ3v) is 3.41. The van der Waals surface area contributed by atoms with Crippen molar-refractivity contribution in [3.05, 3.63) is 84.4 Å². The van der Waals surface area contributed by atoms with Crippen molar-refractivity contribution in [3.63, 3.8) is 0 Å². The number of para-hydroxylation sites is 1. The Morgan fingerprint density at radius 3 is 1.83 bits per heavy atom. The van der Waals surface area contributed by atoms with E-state index in [1.54, 1.807) is 6.92 Å². The van der Waals surface area contributed by atoms with E-state index in [2.05, 4.69) is 5.32 Å². The Labute approximate surface area is 135 Å². The van der Waals surface area contributed by atoms with Gasteiger partial charge < -0.3 is 10.1 Å². The van der Waals surface area contributed by atoms with Gasteiger partial charge in [0.2, 0.25) is 0 Å². The Morgan fingerprint density at radius 2 is 1.26 bits per heavy atom. The van der Waals surface area contributed by atoms with E-state index >= 15 is 0 Å². The zero-order valence-electron chi connectivity index (χ0n) is 12.8. The fourth-order valence-corrected chi connectivity index (χ4v) is 2.19. The predicted molar refractivity (Wildman–Crippen MR) is 92.7 cm³/mol. The van der Waals surface area contributed by atoms with Crippen molar-refractivity contribution in [1.82, 2.24) is 0 Å². The number of ether oxygens (including phenoxy) is 1. The van der Waals surface area contributed by atoms with Crippen molar-refractivity contribution >= 4 is 17.2 Å². The van der Waals surface area contributed by atoms with E-state index in [1.807, 2.05) is 78.9 Å². The molecule has 0 heterocycles. The second kappa shape index (κ2) is 6.79. The minimum Gasteiger partial charge on any atom is -0.457 e. The first kappa shape index (κ1) is 14.9. The number of carbonyl (C=O) groups is 1. The van der Waals surface area contributed by atoms with Crippen LogP contribution in [0.25, 0.3) is 0 Å². The molecule has 0 aliphatic rings. The molecule has 3 aromatic rings. The van der Waals surface area contributed by atoms with Gasteiger partial charge >= 0.3 is 0 Å². The molecule has 0 aliphatic carbocycles. The highest BCUT2D eigenvalue weighted by Gasteiger charge is 2.01. The largest absolute Gasteiger partial charge is 0.457 e. The lowest BCUT2D eigenvalue weighted by Crippen LogP contribution is -1.94. The highest BCUT2D eigenvalue weighted by Crippen LogP contribution is 2.24. The van der Waals surface area contributed by atoms with Crippen LogP contribution < -0.4 is 10.1 Å². The quantitative estimate of drug-likeness (QED) is 0.639. The van der Waals surface area contributed by atoms with Gasteiger partial charge in [0.1, 0.15) is 11.5 Å². The van der Waals surface area contributed by atoms with Crippen molar-refractivity contribution in [3.8, 4) is 11.5 Å². The maximum absolute atomic E-state index is 11.3. The van der Waals surface area contributed by atoms with E-state index < -0.39 is 0 Å². The first-order valence-electron chi connectivity index (χ1n) is 7.42. The number of anilines is 2. The molecule has 3 nitrogen and oxygen atoms in total. The van der Waals surface area contributed by atoms with Crippen LogP contribution in [0.2, 0.25) is 0 Å². The van der Waals surface area contributed by atoms with Crippen molar-refractivity contribution in [2.45, 2.75) is 6.92 Å². The Bertz CT molecular complexity index is 778. The summed E-state index contributed by atoms with van der Waals surface area (Å²) in [5, 5.41) is 3.29. The second-order valence-electron chi connectivity index (χ2n) is 5.20. The minimum atomic E-state index is 0.0685. The van der Waals surface area contributed by atoms with Crippen LogP contribution >= 0.6 is 0 Å². The SMILES string of the molecule is CC(=O)c1ccc(Nc2ccc(Oc3ccccc3)cc2)cc1. The Morgan fingerprint density at radius 1 is 0.739 bits per heavy atom. The lowest BCUT2D eigenvalue weighted by molar-refractivity contribution is 0.101. The van der Waals surface area contributed by atoms with Crippen molar-refractivity contribution in [2.24, 2.45) is 0 Å². The molecule has 114 valence electrons. The van der Waals surface area contributed by atoms with Crippen LogP contribution in [-0.2, 0) is 0 Å². The number of nitrogens with one attached hydrogen (secondary N) is 1. The molecule has 0 unspecified atom stereocenters. The number of carbonyl (C=O) groups excluding carboxylic acids is 1. The number of hydrogen-bond donors (Lipinski definition) is 1. The minimum absolute atomic E-state index is 0.0685. The summed E-state index contributed by atoms with van der Waals surface area (Å²) in [6.45, 7) is 1.56. The summed E-state index contributed by atoms with van der Waals surface area (Å²) >= 11 is 0. The average molecular weight is 303 g/mol. The van der Waals surface area contributed by atoms with Gasteiger partial charge in [-0.25, -0.2) is 0 Å². The number of Topliss-reactive ketones (excluding diaryl/α,β-unsaturated/α-hetero) is 1. The smallest absolute Gasteiger partial charge is 0.159 e. The topological polar surface area (TPSA) is 38.3 Å². The molecule has 0 amide bonds.